The van der Waals surface area contributed by atoms with Crippen LogP contribution < -0.4 is 5.32 Å². The molecule has 0 bridgehead atoms. The fourth-order valence-electron chi connectivity index (χ4n) is 1.86. The molecule has 2 rings (SSSR count). The minimum Gasteiger partial charge on any atom is -0.338 e. The molecule has 1 saturated heterocycles. The predicted molar refractivity (Wildman–Crippen MR) is 57.6 cm³/mol. The largest absolute Gasteiger partial charge is 0.338 e. The van der Waals surface area contributed by atoms with Gasteiger partial charge >= 0.3 is 0 Å². The average molecular weight is 209 g/mol. The Bertz CT molecular complexity index is 301. The maximum absolute atomic E-state index is 5.30. The van der Waals surface area contributed by atoms with Gasteiger partial charge in [0.1, 0.15) is 0 Å². The Morgan fingerprint density at radius 2 is 2.20 bits per heavy atom. The summed E-state index contributed by atoms with van der Waals surface area (Å²) < 4.78 is 5.30. The van der Waals surface area contributed by atoms with Gasteiger partial charge in [0.05, 0.1) is 6.04 Å². The third-order valence-corrected chi connectivity index (χ3v) is 2.83. The van der Waals surface area contributed by atoms with E-state index in [-0.39, 0.29) is 6.04 Å². The van der Waals surface area contributed by atoms with E-state index in [0.717, 1.165) is 24.7 Å². The van der Waals surface area contributed by atoms with Crippen molar-refractivity contribution in [3.8, 4) is 0 Å². The van der Waals surface area contributed by atoms with Gasteiger partial charge in [-0.3, -0.25) is 0 Å². The minimum atomic E-state index is 0.271. The van der Waals surface area contributed by atoms with Crippen LogP contribution in [0.4, 0.5) is 0 Å². The molecule has 84 valence electrons. The molecule has 1 atom stereocenters. The van der Waals surface area contributed by atoms with Crippen LogP contribution >= 0.6 is 0 Å². The topological polar surface area (TPSA) is 51.0 Å². The normalized spacial score (nSPS) is 23.0. The SMILES string of the molecule is CC(C)c1noc(C2CCCCCN2)n1. The van der Waals surface area contributed by atoms with Crippen LogP contribution in [0.1, 0.15) is 63.2 Å². The van der Waals surface area contributed by atoms with Gasteiger partial charge in [0.25, 0.3) is 0 Å². The maximum Gasteiger partial charge on any atom is 0.243 e. The number of rotatable bonds is 2. The second-order valence-electron chi connectivity index (χ2n) is 4.50. The molecule has 0 radical (unpaired) electrons. The second-order valence-corrected chi connectivity index (χ2v) is 4.50. The highest BCUT2D eigenvalue weighted by Gasteiger charge is 2.20. The van der Waals surface area contributed by atoms with Crippen molar-refractivity contribution < 1.29 is 4.52 Å². The first-order valence-corrected chi connectivity index (χ1v) is 5.84. The van der Waals surface area contributed by atoms with Gasteiger partial charge in [0.15, 0.2) is 5.82 Å². The van der Waals surface area contributed by atoms with E-state index >= 15 is 0 Å². The molecule has 1 aromatic rings. The Hall–Kier alpha value is -0.900. The lowest BCUT2D eigenvalue weighted by atomic mass is 10.1. The minimum absolute atomic E-state index is 0.271. The molecule has 0 spiro atoms. The van der Waals surface area contributed by atoms with E-state index in [9.17, 15) is 0 Å². The summed E-state index contributed by atoms with van der Waals surface area (Å²) in [5.41, 5.74) is 0. The monoisotopic (exact) mass is 209 g/mol. The Kier molecular flexibility index (Phi) is 3.36. The van der Waals surface area contributed by atoms with Crippen molar-refractivity contribution in [1.82, 2.24) is 15.5 Å². The van der Waals surface area contributed by atoms with Crippen molar-refractivity contribution in [3.63, 3.8) is 0 Å². The molecule has 1 aliphatic heterocycles. The van der Waals surface area contributed by atoms with Crippen molar-refractivity contribution in [2.75, 3.05) is 6.54 Å². The number of nitrogens with one attached hydrogen (secondary N) is 1. The van der Waals surface area contributed by atoms with Gasteiger partial charge in [-0.1, -0.05) is 31.8 Å². The zero-order valence-electron chi connectivity index (χ0n) is 9.49. The molecule has 4 heteroatoms. The van der Waals surface area contributed by atoms with Crippen LogP contribution in [0.2, 0.25) is 0 Å². The van der Waals surface area contributed by atoms with Crippen LogP contribution in [0, 0.1) is 0 Å². The quantitative estimate of drug-likeness (QED) is 0.812. The molecule has 1 aromatic heterocycles. The molecule has 0 aromatic carbocycles. The summed E-state index contributed by atoms with van der Waals surface area (Å²) in [6.45, 7) is 5.22. The lowest BCUT2D eigenvalue weighted by Gasteiger charge is -2.09. The molecule has 0 amide bonds. The highest BCUT2D eigenvalue weighted by molar-refractivity contribution is 4.96. The Balaban J connectivity index is 2.06. The van der Waals surface area contributed by atoms with Gasteiger partial charge in [0, 0.05) is 5.92 Å². The first kappa shape index (κ1) is 10.6. The average Bonchev–Trinajstić information content (AvgIpc) is 2.55. The van der Waals surface area contributed by atoms with E-state index in [2.05, 4.69) is 29.3 Å². The Morgan fingerprint density at radius 1 is 1.33 bits per heavy atom. The second kappa shape index (κ2) is 4.75. The van der Waals surface area contributed by atoms with E-state index in [0.29, 0.717) is 5.92 Å². The van der Waals surface area contributed by atoms with E-state index in [4.69, 9.17) is 4.52 Å². The predicted octanol–water partition coefficient (Wildman–Crippen LogP) is 2.40. The van der Waals surface area contributed by atoms with Crippen LogP contribution in [-0.2, 0) is 0 Å². The molecule has 4 nitrogen and oxygen atoms in total. The molecular weight excluding hydrogens is 190 g/mol. The highest BCUT2D eigenvalue weighted by atomic mass is 16.5. The summed E-state index contributed by atoms with van der Waals surface area (Å²) in [5.74, 6) is 1.92. The van der Waals surface area contributed by atoms with Crippen molar-refractivity contribution in [3.05, 3.63) is 11.7 Å². The third kappa shape index (κ3) is 2.56. The lowest BCUT2D eigenvalue weighted by Crippen LogP contribution is -2.20. The summed E-state index contributed by atoms with van der Waals surface area (Å²) in [6, 6.07) is 0.271. The van der Waals surface area contributed by atoms with Crippen molar-refractivity contribution >= 4 is 0 Å². The van der Waals surface area contributed by atoms with Crippen LogP contribution in [0.5, 0.6) is 0 Å². The van der Waals surface area contributed by atoms with Crippen LogP contribution in [0.3, 0.4) is 0 Å². The van der Waals surface area contributed by atoms with Crippen LogP contribution in [0.15, 0.2) is 4.52 Å². The summed E-state index contributed by atoms with van der Waals surface area (Å²) in [7, 11) is 0. The smallest absolute Gasteiger partial charge is 0.243 e. The summed E-state index contributed by atoms with van der Waals surface area (Å²) >= 11 is 0. The van der Waals surface area contributed by atoms with Crippen LogP contribution in [-0.4, -0.2) is 16.7 Å². The molecule has 2 heterocycles. The maximum atomic E-state index is 5.30. The summed E-state index contributed by atoms with van der Waals surface area (Å²) in [6.07, 6.45) is 4.91. The summed E-state index contributed by atoms with van der Waals surface area (Å²) in [4.78, 5) is 4.43. The van der Waals surface area contributed by atoms with Gasteiger partial charge in [-0.05, 0) is 19.4 Å². The van der Waals surface area contributed by atoms with Gasteiger partial charge in [-0.15, -0.1) is 0 Å². The highest BCUT2D eigenvalue weighted by Crippen LogP contribution is 2.22. The molecule has 15 heavy (non-hydrogen) atoms. The molecule has 0 saturated carbocycles. The van der Waals surface area contributed by atoms with Crippen LogP contribution in [0.25, 0.3) is 0 Å². The Labute approximate surface area is 90.4 Å². The molecule has 1 fully saturated rings. The van der Waals surface area contributed by atoms with E-state index in [1.165, 1.54) is 19.3 Å². The van der Waals surface area contributed by atoms with Gasteiger partial charge in [-0.2, -0.15) is 4.98 Å². The fourth-order valence-corrected chi connectivity index (χ4v) is 1.86. The van der Waals surface area contributed by atoms with E-state index in [1.54, 1.807) is 0 Å². The fraction of sp³-hybridized carbons (Fsp3) is 0.818. The zero-order chi connectivity index (χ0) is 10.7. The van der Waals surface area contributed by atoms with Gasteiger partial charge in [0.2, 0.25) is 5.89 Å². The van der Waals surface area contributed by atoms with Crippen molar-refractivity contribution in [2.24, 2.45) is 0 Å². The number of nitrogens with zero attached hydrogens (tertiary/aromatic N) is 2. The van der Waals surface area contributed by atoms with Crippen molar-refractivity contribution in [1.29, 1.82) is 0 Å². The molecule has 1 N–H and O–H groups in total. The molecule has 1 unspecified atom stereocenters. The Morgan fingerprint density at radius 3 is 2.93 bits per heavy atom. The molecule has 0 aliphatic carbocycles. The number of aromatic nitrogens is 2. The van der Waals surface area contributed by atoms with E-state index < -0.39 is 0 Å². The first-order chi connectivity index (χ1) is 7.27. The van der Waals surface area contributed by atoms with Gasteiger partial charge in [-0.25, -0.2) is 0 Å². The summed E-state index contributed by atoms with van der Waals surface area (Å²) in [5, 5.41) is 7.45. The lowest BCUT2D eigenvalue weighted by molar-refractivity contribution is 0.324. The first-order valence-electron chi connectivity index (χ1n) is 5.84. The third-order valence-electron chi connectivity index (χ3n) is 2.83. The van der Waals surface area contributed by atoms with Gasteiger partial charge < -0.3 is 9.84 Å². The molecule has 1 aliphatic rings. The molecular formula is C11H19N3O. The zero-order valence-corrected chi connectivity index (χ0v) is 9.49. The van der Waals surface area contributed by atoms with E-state index in [1.807, 2.05) is 0 Å². The van der Waals surface area contributed by atoms with Crippen molar-refractivity contribution in [2.45, 2.75) is 51.5 Å². The standard InChI is InChI=1S/C11H19N3O/c1-8(2)10-13-11(15-14-10)9-6-4-3-5-7-12-9/h8-9,12H,3-7H2,1-2H3. The number of hydrogen-bond donors (Lipinski definition) is 1. The number of hydrogen-bond acceptors (Lipinski definition) is 4.